The minimum Gasteiger partial charge on any atom is -0.385 e. The van der Waals surface area contributed by atoms with E-state index < -0.39 is 0 Å². The Bertz CT molecular complexity index is 386. The van der Waals surface area contributed by atoms with Gasteiger partial charge < -0.3 is 16.0 Å². The van der Waals surface area contributed by atoms with Crippen molar-refractivity contribution in [1.82, 2.24) is 10.6 Å². The van der Waals surface area contributed by atoms with Crippen LogP contribution in [-0.4, -0.2) is 32.1 Å². The van der Waals surface area contributed by atoms with Crippen LogP contribution in [0.5, 0.6) is 0 Å². The molecule has 120 valence electrons. The van der Waals surface area contributed by atoms with Crippen LogP contribution in [0.2, 0.25) is 0 Å². The van der Waals surface area contributed by atoms with E-state index in [1.807, 2.05) is 30.3 Å². The summed E-state index contributed by atoms with van der Waals surface area (Å²) in [5.41, 5.74) is 1.12. The van der Waals surface area contributed by atoms with Gasteiger partial charge in [0.25, 0.3) is 0 Å². The number of hydrogen-bond donors (Lipinski definition) is 3. The van der Waals surface area contributed by atoms with E-state index in [4.69, 9.17) is 0 Å². The lowest BCUT2D eigenvalue weighted by molar-refractivity contribution is -0.120. The van der Waals surface area contributed by atoms with Crippen LogP contribution in [0.3, 0.4) is 0 Å². The molecule has 1 aliphatic carbocycles. The lowest BCUT2D eigenvalue weighted by atomic mass is 10.3. The Hall–Kier alpha value is -0.970. The molecule has 0 saturated heterocycles. The van der Waals surface area contributed by atoms with Crippen LogP contribution >= 0.6 is 24.8 Å². The van der Waals surface area contributed by atoms with E-state index in [0.717, 1.165) is 37.7 Å². The number of halogens is 2. The molecule has 1 aromatic rings. The van der Waals surface area contributed by atoms with Gasteiger partial charge in [-0.05, 0) is 43.9 Å². The SMILES string of the molecule is Cl.Cl.O=C(CNCC1CC1)NCCCNc1ccccc1. The maximum Gasteiger partial charge on any atom is 0.233 e. The van der Waals surface area contributed by atoms with Crippen LogP contribution in [0.15, 0.2) is 30.3 Å². The van der Waals surface area contributed by atoms with Crippen molar-refractivity contribution >= 4 is 36.4 Å². The van der Waals surface area contributed by atoms with Gasteiger partial charge in [0.15, 0.2) is 0 Å². The highest BCUT2D eigenvalue weighted by atomic mass is 35.5. The zero-order valence-corrected chi connectivity index (χ0v) is 13.8. The van der Waals surface area contributed by atoms with Crippen molar-refractivity contribution in [3.8, 4) is 0 Å². The number of anilines is 1. The summed E-state index contributed by atoms with van der Waals surface area (Å²) in [5.74, 6) is 0.920. The molecule has 1 saturated carbocycles. The van der Waals surface area contributed by atoms with Gasteiger partial charge in [0, 0.05) is 18.8 Å². The highest BCUT2D eigenvalue weighted by Crippen LogP contribution is 2.27. The van der Waals surface area contributed by atoms with Gasteiger partial charge in [0.05, 0.1) is 6.54 Å². The molecule has 0 bridgehead atoms. The molecule has 0 unspecified atom stereocenters. The average Bonchev–Trinajstić information content (AvgIpc) is 3.24. The predicted molar refractivity (Wildman–Crippen MR) is 92.6 cm³/mol. The first kappa shape index (κ1) is 20.0. The number of nitrogens with one attached hydrogen (secondary N) is 3. The standard InChI is InChI=1S/C15H23N3O.2ClH/c19-15(12-16-11-13-7-8-13)18-10-4-9-17-14-5-2-1-3-6-14;;/h1-3,5-6,13,16-17H,4,7-12H2,(H,18,19);2*1H. The van der Waals surface area contributed by atoms with E-state index in [-0.39, 0.29) is 30.7 Å². The van der Waals surface area contributed by atoms with Gasteiger partial charge in [-0.1, -0.05) is 18.2 Å². The monoisotopic (exact) mass is 333 g/mol. The van der Waals surface area contributed by atoms with Gasteiger partial charge in [0.1, 0.15) is 0 Å². The van der Waals surface area contributed by atoms with Gasteiger partial charge in [-0.25, -0.2) is 0 Å². The fourth-order valence-electron chi connectivity index (χ4n) is 1.88. The van der Waals surface area contributed by atoms with Crippen LogP contribution in [0.1, 0.15) is 19.3 Å². The summed E-state index contributed by atoms with van der Waals surface area (Å²) in [4.78, 5) is 11.5. The third-order valence-corrected chi connectivity index (χ3v) is 3.19. The Morgan fingerprint density at radius 2 is 1.81 bits per heavy atom. The first-order valence-corrected chi connectivity index (χ1v) is 7.11. The number of carbonyl (C=O) groups is 1. The van der Waals surface area contributed by atoms with Crippen LogP contribution in [0.4, 0.5) is 5.69 Å². The highest BCUT2D eigenvalue weighted by molar-refractivity contribution is 5.85. The molecule has 0 radical (unpaired) electrons. The Balaban J connectivity index is 0.00000200. The van der Waals surface area contributed by atoms with Crippen molar-refractivity contribution in [2.45, 2.75) is 19.3 Å². The quantitative estimate of drug-likeness (QED) is 0.608. The van der Waals surface area contributed by atoms with E-state index in [1.165, 1.54) is 12.8 Å². The first-order chi connectivity index (χ1) is 9.34. The molecule has 1 aromatic carbocycles. The molecule has 0 aromatic heterocycles. The summed E-state index contributed by atoms with van der Waals surface area (Å²) in [6, 6.07) is 10.1. The molecular formula is C15H25Cl2N3O. The predicted octanol–water partition coefficient (Wildman–Crippen LogP) is 2.45. The normalized spacial score (nSPS) is 12.8. The molecule has 21 heavy (non-hydrogen) atoms. The lowest BCUT2D eigenvalue weighted by Crippen LogP contribution is -2.35. The van der Waals surface area contributed by atoms with Gasteiger partial charge in [0.2, 0.25) is 5.91 Å². The van der Waals surface area contributed by atoms with Crippen molar-refractivity contribution in [2.75, 3.05) is 31.5 Å². The van der Waals surface area contributed by atoms with E-state index in [1.54, 1.807) is 0 Å². The Morgan fingerprint density at radius 1 is 1.10 bits per heavy atom. The number of amides is 1. The number of carbonyl (C=O) groups excluding carboxylic acids is 1. The van der Waals surface area contributed by atoms with Gasteiger partial charge in [-0.15, -0.1) is 24.8 Å². The van der Waals surface area contributed by atoms with Crippen LogP contribution in [0, 0.1) is 5.92 Å². The van der Waals surface area contributed by atoms with E-state index in [2.05, 4.69) is 16.0 Å². The van der Waals surface area contributed by atoms with Gasteiger partial charge in [-0.2, -0.15) is 0 Å². The Labute approximate surface area is 139 Å². The van der Waals surface area contributed by atoms with Gasteiger partial charge >= 0.3 is 0 Å². The molecule has 6 heteroatoms. The number of hydrogen-bond acceptors (Lipinski definition) is 3. The molecule has 0 spiro atoms. The molecule has 4 nitrogen and oxygen atoms in total. The molecule has 1 fully saturated rings. The lowest BCUT2D eigenvalue weighted by Gasteiger charge is -2.08. The third-order valence-electron chi connectivity index (χ3n) is 3.19. The molecule has 1 aliphatic rings. The minimum absolute atomic E-state index is 0. The van der Waals surface area contributed by atoms with E-state index in [0.29, 0.717) is 6.54 Å². The molecule has 3 N–H and O–H groups in total. The molecule has 0 heterocycles. The average molecular weight is 334 g/mol. The van der Waals surface area contributed by atoms with E-state index >= 15 is 0 Å². The van der Waals surface area contributed by atoms with E-state index in [9.17, 15) is 4.79 Å². The highest BCUT2D eigenvalue weighted by Gasteiger charge is 2.20. The van der Waals surface area contributed by atoms with Crippen molar-refractivity contribution in [2.24, 2.45) is 5.92 Å². The second-order valence-electron chi connectivity index (χ2n) is 5.07. The number of rotatable bonds is 9. The maximum absolute atomic E-state index is 11.5. The number of benzene rings is 1. The zero-order valence-electron chi connectivity index (χ0n) is 12.1. The van der Waals surface area contributed by atoms with Crippen molar-refractivity contribution in [3.05, 3.63) is 30.3 Å². The number of para-hydroxylation sites is 1. The summed E-state index contributed by atoms with van der Waals surface area (Å²) in [7, 11) is 0. The summed E-state index contributed by atoms with van der Waals surface area (Å²) >= 11 is 0. The van der Waals surface area contributed by atoms with Crippen LogP contribution in [0.25, 0.3) is 0 Å². The van der Waals surface area contributed by atoms with Crippen molar-refractivity contribution in [3.63, 3.8) is 0 Å². The topological polar surface area (TPSA) is 53.2 Å². The molecule has 1 amide bonds. The third kappa shape index (κ3) is 9.56. The molecule has 2 rings (SSSR count). The molecule has 0 atom stereocenters. The van der Waals surface area contributed by atoms with Crippen molar-refractivity contribution in [1.29, 1.82) is 0 Å². The Kier molecular flexibility index (Phi) is 11.1. The fraction of sp³-hybridized carbons (Fsp3) is 0.533. The second kappa shape index (κ2) is 11.7. The molecule has 0 aliphatic heterocycles. The summed E-state index contributed by atoms with van der Waals surface area (Å²) < 4.78 is 0. The fourth-order valence-corrected chi connectivity index (χ4v) is 1.88. The Morgan fingerprint density at radius 3 is 2.48 bits per heavy atom. The summed E-state index contributed by atoms with van der Waals surface area (Å²) in [5, 5.41) is 9.43. The van der Waals surface area contributed by atoms with Crippen LogP contribution < -0.4 is 16.0 Å². The zero-order chi connectivity index (χ0) is 13.3. The first-order valence-electron chi connectivity index (χ1n) is 7.11. The minimum atomic E-state index is 0. The maximum atomic E-state index is 11.5. The second-order valence-corrected chi connectivity index (χ2v) is 5.07. The smallest absolute Gasteiger partial charge is 0.233 e. The van der Waals surface area contributed by atoms with Crippen LogP contribution in [-0.2, 0) is 4.79 Å². The molecular weight excluding hydrogens is 309 g/mol. The largest absolute Gasteiger partial charge is 0.385 e. The summed E-state index contributed by atoms with van der Waals surface area (Å²) in [6.45, 7) is 3.04. The van der Waals surface area contributed by atoms with Crippen molar-refractivity contribution < 1.29 is 4.79 Å². The van der Waals surface area contributed by atoms with Gasteiger partial charge in [-0.3, -0.25) is 4.79 Å². The summed E-state index contributed by atoms with van der Waals surface area (Å²) in [6.07, 6.45) is 3.57.